The van der Waals surface area contributed by atoms with Crippen molar-refractivity contribution in [2.45, 2.75) is 5.85 Å². The summed E-state index contributed by atoms with van der Waals surface area (Å²) in [6, 6.07) is 0. The number of ether oxygens (including phenoxy) is 1. The summed E-state index contributed by atoms with van der Waals surface area (Å²) >= 11 is 0. The molecule has 0 radical (unpaired) electrons. The quantitative estimate of drug-likeness (QED) is 0.751. The predicted molar refractivity (Wildman–Crippen MR) is 40.4 cm³/mol. The van der Waals surface area contributed by atoms with E-state index < -0.39 is 29.4 Å². The van der Waals surface area contributed by atoms with E-state index in [0.29, 0.717) is 6.08 Å². The average molecular weight is 208 g/mol. The largest absolute Gasteiger partial charge is 0.481 e. The summed E-state index contributed by atoms with van der Waals surface area (Å²) in [4.78, 5) is 10.5. The molecule has 0 saturated heterocycles. The number of methoxy groups -OCH3 is 1. The number of hydrogen-bond donors (Lipinski definition) is 1. The predicted octanol–water partition coefficient (Wildman–Crippen LogP) is 1.72. The lowest BCUT2D eigenvalue weighted by Crippen LogP contribution is -2.39. The molecule has 2 unspecified atom stereocenters. The number of rotatable bonds is 2. The van der Waals surface area contributed by atoms with Crippen LogP contribution in [0.3, 0.4) is 0 Å². The number of hydrogen-bond acceptors (Lipinski definition) is 2. The van der Waals surface area contributed by atoms with E-state index >= 15 is 0 Å². The molecule has 0 aromatic carbocycles. The van der Waals surface area contributed by atoms with Gasteiger partial charge in [0.2, 0.25) is 5.85 Å². The third-order valence-electron chi connectivity index (χ3n) is 1.87. The molecule has 78 valence electrons. The van der Waals surface area contributed by atoms with Crippen LogP contribution in [0.5, 0.6) is 0 Å². The third-order valence-corrected chi connectivity index (χ3v) is 1.87. The highest BCUT2D eigenvalue weighted by molar-refractivity contribution is 5.75. The Morgan fingerprint density at radius 1 is 1.57 bits per heavy atom. The monoisotopic (exact) mass is 208 g/mol. The van der Waals surface area contributed by atoms with E-state index in [2.05, 4.69) is 4.74 Å². The molecule has 2 atom stereocenters. The summed E-state index contributed by atoms with van der Waals surface area (Å²) in [5, 5.41) is 8.53. The van der Waals surface area contributed by atoms with Gasteiger partial charge in [-0.3, -0.25) is 4.79 Å². The lowest BCUT2D eigenvalue weighted by Gasteiger charge is -2.27. The molecule has 0 bridgehead atoms. The van der Waals surface area contributed by atoms with Crippen molar-refractivity contribution in [2.75, 3.05) is 7.11 Å². The van der Waals surface area contributed by atoms with Gasteiger partial charge in [-0.25, -0.2) is 13.2 Å². The van der Waals surface area contributed by atoms with Gasteiger partial charge >= 0.3 is 5.97 Å². The lowest BCUT2D eigenvalue weighted by atomic mass is 9.94. The third kappa shape index (κ3) is 1.65. The van der Waals surface area contributed by atoms with Gasteiger partial charge in [0, 0.05) is 13.2 Å². The second kappa shape index (κ2) is 3.45. The van der Waals surface area contributed by atoms with E-state index in [-0.39, 0.29) is 6.08 Å². The Morgan fingerprint density at radius 2 is 2.14 bits per heavy atom. The molecule has 0 fully saturated rings. The molecule has 0 amide bonds. The first-order valence-electron chi connectivity index (χ1n) is 3.63. The van der Waals surface area contributed by atoms with Crippen LogP contribution in [0.2, 0.25) is 0 Å². The fourth-order valence-corrected chi connectivity index (χ4v) is 1.10. The van der Waals surface area contributed by atoms with Crippen LogP contribution in [0.25, 0.3) is 0 Å². The first-order chi connectivity index (χ1) is 6.40. The number of carboxylic acid groups (broad SMARTS) is 1. The zero-order chi connectivity index (χ0) is 10.9. The smallest absolute Gasteiger partial charge is 0.316 e. The molecule has 14 heavy (non-hydrogen) atoms. The maximum atomic E-state index is 13.5. The van der Waals surface area contributed by atoms with E-state index in [1.54, 1.807) is 0 Å². The van der Waals surface area contributed by atoms with E-state index in [4.69, 9.17) is 5.11 Å². The summed E-state index contributed by atoms with van der Waals surface area (Å²) in [5.41, 5.74) is 0. The first kappa shape index (κ1) is 10.8. The highest BCUT2D eigenvalue weighted by Gasteiger charge is 2.45. The SMILES string of the molecule is COC1(F)C=C(F)C(F)=CC1C(=O)O. The number of carboxylic acids is 1. The lowest BCUT2D eigenvalue weighted by molar-refractivity contribution is -0.163. The summed E-state index contributed by atoms with van der Waals surface area (Å²) < 4.78 is 42.9. The summed E-state index contributed by atoms with van der Waals surface area (Å²) in [6.45, 7) is 0. The van der Waals surface area contributed by atoms with Gasteiger partial charge in [-0.1, -0.05) is 0 Å². The summed E-state index contributed by atoms with van der Waals surface area (Å²) in [5.74, 6) is -9.22. The van der Waals surface area contributed by atoms with Crippen LogP contribution in [0.15, 0.2) is 23.8 Å². The van der Waals surface area contributed by atoms with Crippen molar-refractivity contribution in [3.8, 4) is 0 Å². The summed E-state index contributed by atoms with van der Waals surface area (Å²) in [6.07, 6.45) is 0.502. The van der Waals surface area contributed by atoms with Crippen LogP contribution in [0.4, 0.5) is 13.2 Å². The molecule has 0 heterocycles. The Hall–Kier alpha value is -1.30. The van der Waals surface area contributed by atoms with Crippen LogP contribution in [0, 0.1) is 5.92 Å². The molecule has 1 aliphatic rings. The Balaban J connectivity index is 3.13. The first-order valence-corrected chi connectivity index (χ1v) is 3.63. The van der Waals surface area contributed by atoms with Crippen molar-refractivity contribution in [1.82, 2.24) is 0 Å². The maximum Gasteiger partial charge on any atom is 0.316 e. The van der Waals surface area contributed by atoms with Gasteiger partial charge in [-0.15, -0.1) is 0 Å². The minimum atomic E-state index is -2.84. The molecular weight excluding hydrogens is 201 g/mol. The highest BCUT2D eigenvalue weighted by atomic mass is 19.2. The normalized spacial score (nSPS) is 32.1. The van der Waals surface area contributed by atoms with Crippen LogP contribution >= 0.6 is 0 Å². The number of alkyl halides is 1. The maximum absolute atomic E-state index is 13.5. The Bertz CT molecular complexity index is 324. The van der Waals surface area contributed by atoms with Gasteiger partial charge in [0.1, 0.15) is 5.92 Å². The fourth-order valence-electron chi connectivity index (χ4n) is 1.10. The van der Waals surface area contributed by atoms with Crippen molar-refractivity contribution in [3.63, 3.8) is 0 Å². The molecular formula is C8H7F3O3. The van der Waals surface area contributed by atoms with Gasteiger partial charge in [0.15, 0.2) is 11.7 Å². The van der Waals surface area contributed by atoms with Crippen molar-refractivity contribution in [3.05, 3.63) is 23.8 Å². The fraction of sp³-hybridized carbons (Fsp3) is 0.375. The van der Waals surface area contributed by atoms with Crippen LogP contribution in [0.1, 0.15) is 0 Å². The van der Waals surface area contributed by atoms with Gasteiger partial charge in [0.25, 0.3) is 0 Å². The molecule has 3 nitrogen and oxygen atoms in total. The number of halogens is 3. The van der Waals surface area contributed by atoms with E-state index in [1.165, 1.54) is 0 Å². The molecule has 0 spiro atoms. The van der Waals surface area contributed by atoms with E-state index in [0.717, 1.165) is 7.11 Å². The zero-order valence-corrected chi connectivity index (χ0v) is 7.13. The van der Waals surface area contributed by atoms with Crippen molar-refractivity contribution in [2.24, 2.45) is 5.92 Å². The average Bonchev–Trinajstić information content (AvgIpc) is 2.11. The molecule has 0 saturated carbocycles. The molecule has 0 aliphatic heterocycles. The molecule has 0 aromatic heterocycles. The standard InChI is InChI=1S/C8H7F3O3/c1-14-8(11)3-6(10)5(9)2-4(8)7(12)13/h2-4H,1H3,(H,12,13). The van der Waals surface area contributed by atoms with Crippen molar-refractivity contribution < 1.29 is 27.8 Å². The molecule has 1 N–H and O–H groups in total. The molecule has 1 rings (SSSR count). The van der Waals surface area contributed by atoms with Gasteiger partial charge in [-0.05, 0) is 6.08 Å². The zero-order valence-electron chi connectivity index (χ0n) is 7.13. The second-order valence-corrected chi connectivity index (χ2v) is 2.72. The minimum absolute atomic E-state index is 0.168. The highest BCUT2D eigenvalue weighted by Crippen LogP contribution is 2.36. The van der Waals surface area contributed by atoms with Crippen molar-refractivity contribution in [1.29, 1.82) is 0 Å². The summed E-state index contributed by atoms with van der Waals surface area (Å²) in [7, 11) is 0.872. The van der Waals surface area contributed by atoms with Crippen LogP contribution in [-0.4, -0.2) is 24.0 Å². The van der Waals surface area contributed by atoms with Crippen molar-refractivity contribution >= 4 is 5.97 Å². The van der Waals surface area contributed by atoms with Gasteiger partial charge in [-0.2, -0.15) is 0 Å². The van der Waals surface area contributed by atoms with E-state index in [1.807, 2.05) is 0 Å². The number of aliphatic carboxylic acids is 1. The number of allylic oxidation sites excluding steroid dienone is 2. The topological polar surface area (TPSA) is 46.5 Å². The second-order valence-electron chi connectivity index (χ2n) is 2.72. The van der Waals surface area contributed by atoms with Gasteiger partial charge < -0.3 is 9.84 Å². The minimum Gasteiger partial charge on any atom is -0.481 e. The molecule has 1 aliphatic carbocycles. The Kier molecular flexibility index (Phi) is 2.66. The van der Waals surface area contributed by atoms with Crippen LogP contribution in [-0.2, 0) is 9.53 Å². The molecule has 0 aromatic rings. The Labute approximate surface area is 77.5 Å². The van der Waals surface area contributed by atoms with Gasteiger partial charge in [0.05, 0.1) is 0 Å². The van der Waals surface area contributed by atoms with E-state index in [9.17, 15) is 18.0 Å². The molecule has 6 heteroatoms. The van der Waals surface area contributed by atoms with Crippen LogP contribution < -0.4 is 0 Å². The number of carbonyl (C=O) groups is 1. The Morgan fingerprint density at radius 3 is 2.57 bits per heavy atom.